The number of non-ortho nitro benzene ring substituents is 1. The number of halogens is 1. The molecule has 1 aliphatic rings. The number of amides is 1. The largest absolute Gasteiger partial charge is 0.322 e. The first kappa shape index (κ1) is 15.8. The Labute approximate surface area is 141 Å². The van der Waals surface area contributed by atoms with Gasteiger partial charge >= 0.3 is 0 Å². The number of aromatic nitrogens is 1. The Morgan fingerprint density at radius 3 is 2.91 bits per heavy atom. The van der Waals surface area contributed by atoms with E-state index in [4.69, 9.17) is 11.6 Å². The Morgan fingerprint density at radius 1 is 1.43 bits per heavy atom. The van der Waals surface area contributed by atoms with Crippen molar-refractivity contribution in [2.24, 2.45) is 0 Å². The molecule has 2 heterocycles. The van der Waals surface area contributed by atoms with Crippen LogP contribution < -0.4 is 0 Å². The van der Waals surface area contributed by atoms with Crippen molar-refractivity contribution < 1.29 is 9.72 Å². The lowest BCUT2D eigenvalue weighted by Crippen LogP contribution is -2.30. The van der Waals surface area contributed by atoms with E-state index in [9.17, 15) is 14.9 Å². The number of rotatable bonds is 3. The van der Waals surface area contributed by atoms with Crippen molar-refractivity contribution in [3.8, 4) is 0 Å². The molecule has 1 aromatic heterocycles. The summed E-state index contributed by atoms with van der Waals surface area (Å²) in [5.74, 6) is 0.583. The van der Waals surface area contributed by atoms with E-state index >= 15 is 0 Å². The van der Waals surface area contributed by atoms with Gasteiger partial charge in [-0.25, -0.2) is 0 Å². The first-order valence-corrected chi connectivity index (χ1v) is 8.27. The molecule has 0 aliphatic carbocycles. The standard InChI is InChI=1S/C15H12ClN3O3S/c16-13-8-11(19(21)22)3-4-12(13)14(20)18-6-7-23-15(18)10-2-1-5-17-9-10/h1-5,8-9,15H,6-7H2/t15-/m1/s1. The lowest BCUT2D eigenvalue weighted by atomic mass is 10.1. The number of nitrogens with zero attached hydrogens (tertiary/aromatic N) is 3. The molecular weight excluding hydrogens is 338 g/mol. The summed E-state index contributed by atoms with van der Waals surface area (Å²) in [6.45, 7) is 0.594. The molecule has 2 aromatic rings. The highest BCUT2D eigenvalue weighted by atomic mass is 35.5. The summed E-state index contributed by atoms with van der Waals surface area (Å²) < 4.78 is 0. The van der Waals surface area contributed by atoms with E-state index < -0.39 is 4.92 Å². The number of pyridine rings is 1. The van der Waals surface area contributed by atoms with E-state index in [1.54, 1.807) is 29.1 Å². The van der Waals surface area contributed by atoms with Gasteiger partial charge < -0.3 is 4.90 Å². The third kappa shape index (κ3) is 3.16. The van der Waals surface area contributed by atoms with Gasteiger partial charge in [0.1, 0.15) is 5.37 Å². The van der Waals surface area contributed by atoms with Gasteiger partial charge in [-0.15, -0.1) is 11.8 Å². The van der Waals surface area contributed by atoms with Gasteiger partial charge in [-0.05, 0) is 12.1 Å². The van der Waals surface area contributed by atoms with Crippen LogP contribution in [0.2, 0.25) is 5.02 Å². The number of nitro groups is 1. The smallest absolute Gasteiger partial charge is 0.270 e. The van der Waals surface area contributed by atoms with Crippen LogP contribution in [0.15, 0.2) is 42.7 Å². The normalized spacial score (nSPS) is 17.3. The van der Waals surface area contributed by atoms with Gasteiger partial charge in [-0.1, -0.05) is 17.7 Å². The summed E-state index contributed by atoms with van der Waals surface area (Å²) in [5, 5.41) is 10.7. The van der Waals surface area contributed by atoms with Crippen LogP contribution in [-0.4, -0.2) is 33.0 Å². The second-order valence-electron chi connectivity index (χ2n) is 4.93. The molecule has 0 radical (unpaired) electrons. The van der Waals surface area contributed by atoms with E-state index in [0.717, 1.165) is 11.3 Å². The van der Waals surface area contributed by atoms with Gasteiger partial charge in [-0.3, -0.25) is 19.9 Å². The van der Waals surface area contributed by atoms with Crippen LogP contribution in [0.1, 0.15) is 21.3 Å². The van der Waals surface area contributed by atoms with Crippen molar-refractivity contribution in [2.45, 2.75) is 5.37 Å². The summed E-state index contributed by atoms with van der Waals surface area (Å²) in [7, 11) is 0. The molecule has 0 bridgehead atoms. The number of thioether (sulfide) groups is 1. The van der Waals surface area contributed by atoms with Crippen LogP contribution in [0.3, 0.4) is 0 Å². The number of carbonyl (C=O) groups is 1. The van der Waals surface area contributed by atoms with Crippen LogP contribution in [-0.2, 0) is 0 Å². The van der Waals surface area contributed by atoms with E-state index in [1.165, 1.54) is 18.2 Å². The Balaban J connectivity index is 1.89. The first-order chi connectivity index (χ1) is 11.1. The average Bonchev–Trinajstić information content (AvgIpc) is 3.04. The lowest BCUT2D eigenvalue weighted by molar-refractivity contribution is -0.384. The molecule has 1 amide bonds. The third-order valence-electron chi connectivity index (χ3n) is 3.52. The van der Waals surface area contributed by atoms with E-state index in [1.807, 2.05) is 12.1 Å². The summed E-state index contributed by atoms with van der Waals surface area (Å²) >= 11 is 7.72. The Bertz CT molecular complexity index is 757. The zero-order chi connectivity index (χ0) is 16.4. The van der Waals surface area contributed by atoms with Crippen molar-refractivity contribution >= 4 is 35.0 Å². The second-order valence-corrected chi connectivity index (χ2v) is 6.52. The van der Waals surface area contributed by atoms with Crippen LogP contribution in [0.5, 0.6) is 0 Å². The van der Waals surface area contributed by atoms with Crippen LogP contribution >= 0.6 is 23.4 Å². The second kappa shape index (κ2) is 6.55. The van der Waals surface area contributed by atoms with Gasteiger partial charge in [0, 0.05) is 42.4 Å². The molecule has 118 valence electrons. The Hall–Kier alpha value is -2.12. The highest BCUT2D eigenvalue weighted by Gasteiger charge is 2.32. The van der Waals surface area contributed by atoms with Crippen molar-refractivity contribution in [1.82, 2.24) is 9.88 Å². The number of hydrogen-bond acceptors (Lipinski definition) is 5. The Morgan fingerprint density at radius 2 is 2.26 bits per heavy atom. The number of benzene rings is 1. The van der Waals surface area contributed by atoms with Crippen LogP contribution in [0, 0.1) is 10.1 Å². The Kier molecular flexibility index (Phi) is 4.49. The summed E-state index contributed by atoms with van der Waals surface area (Å²) in [6, 6.07) is 7.66. The predicted octanol–water partition coefficient (Wildman–Crippen LogP) is 3.53. The fourth-order valence-electron chi connectivity index (χ4n) is 2.42. The quantitative estimate of drug-likeness (QED) is 0.625. The van der Waals surface area contributed by atoms with Crippen LogP contribution in [0.25, 0.3) is 0 Å². The molecule has 0 N–H and O–H groups in total. The van der Waals surface area contributed by atoms with Gasteiger partial charge in [0.05, 0.1) is 15.5 Å². The molecule has 1 fully saturated rings. The first-order valence-electron chi connectivity index (χ1n) is 6.84. The van der Waals surface area contributed by atoms with Crippen molar-refractivity contribution in [3.05, 3.63) is 69.0 Å². The topological polar surface area (TPSA) is 76.3 Å². The van der Waals surface area contributed by atoms with Crippen LogP contribution in [0.4, 0.5) is 5.69 Å². The molecule has 0 unspecified atom stereocenters. The lowest BCUT2D eigenvalue weighted by Gasteiger charge is -2.24. The van der Waals surface area contributed by atoms with Crippen molar-refractivity contribution in [2.75, 3.05) is 12.3 Å². The van der Waals surface area contributed by atoms with Crippen molar-refractivity contribution in [1.29, 1.82) is 0 Å². The fraction of sp³-hybridized carbons (Fsp3) is 0.200. The monoisotopic (exact) mass is 349 g/mol. The highest BCUT2D eigenvalue weighted by molar-refractivity contribution is 7.99. The van der Waals surface area contributed by atoms with Gasteiger partial charge in [0.2, 0.25) is 0 Å². The number of carbonyl (C=O) groups excluding carboxylic acids is 1. The third-order valence-corrected chi connectivity index (χ3v) is 5.09. The SMILES string of the molecule is O=C(c1ccc([N+](=O)[O-])cc1Cl)N1CCS[C@@H]1c1cccnc1. The molecule has 8 heteroatoms. The fourth-order valence-corrected chi connectivity index (χ4v) is 3.92. The number of hydrogen-bond donors (Lipinski definition) is 0. The molecule has 0 saturated carbocycles. The van der Waals surface area contributed by atoms with Gasteiger partial charge in [0.15, 0.2) is 0 Å². The van der Waals surface area contributed by atoms with E-state index in [0.29, 0.717) is 6.54 Å². The molecule has 0 spiro atoms. The maximum absolute atomic E-state index is 12.8. The van der Waals surface area contributed by atoms with Gasteiger partial charge in [-0.2, -0.15) is 0 Å². The summed E-state index contributed by atoms with van der Waals surface area (Å²) in [5.41, 5.74) is 1.08. The van der Waals surface area contributed by atoms with Gasteiger partial charge in [0.25, 0.3) is 11.6 Å². The highest BCUT2D eigenvalue weighted by Crippen LogP contribution is 2.39. The predicted molar refractivity (Wildman–Crippen MR) is 88.6 cm³/mol. The number of nitro benzene ring substituents is 1. The van der Waals surface area contributed by atoms with E-state index in [2.05, 4.69) is 4.98 Å². The molecule has 6 nitrogen and oxygen atoms in total. The minimum absolute atomic E-state index is 0.0889. The molecule has 1 atom stereocenters. The summed E-state index contributed by atoms with van der Waals surface area (Å²) in [4.78, 5) is 28.8. The molecule has 1 saturated heterocycles. The average molecular weight is 350 g/mol. The molecule has 3 rings (SSSR count). The maximum Gasteiger partial charge on any atom is 0.270 e. The molecular formula is C15H12ClN3O3S. The molecule has 1 aliphatic heterocycles. The minimum atomic E-state index is -0.537. The molecule has 1 aromatic carbocycles. The zero-order valence-electron chi connectivity index (χ0n) is 11.9. The minimum Gasteiger partial charge on any atom is -0.322 e. The maximum atomic E-state index is 12.8. The summed E-state index contributed by atoms with van der Waals surface area (Å²) in [6.07, 6.45) is 3.42. The molecule has 23 heavy (non-hydrogen) atoms. The van der Waals surface area contributed by atoms with E-state index in [-0.39, 0.29) is 27.6 Å². The van der Waals surface area contributed by atoms with Crippen molar-refractivity contribution in [3.63, 3.8) is 0 Å². The zero-order valence-corrected chi connectivity index (χ0v) is 13.5.